The van der Waals surface area contributed by atoms with Crippen molar-refractivity contribution in [1.29, 1.82) is 0 Å². The van der Waals surface area contributed by atoms with Crippen LogP contribution in [0.4, 0.5) is 16.2 Å². The molecule has 1 heterocycles. The standard InChI is InChI=1S/C19H18N6O4S/c1-12-17(21-22-24(12)13-7-6-8-14(11-13)25(28)29)18(26)20-15-9-4-5-10-16(15)30-19(27)23(2)3/h4-11H,1-3H3,(H,20,26). The van der Waals surface area contributed by atoms with Gasteiger partial charge in [-0.1, -0.05) is 23.4 Å². The van der Waals surface area contributed by atoms with Crippen LogP contribution in [0.2, 0.25) is 0 Å². The highest BCUT2D eigenvalue weighted by Crippen LogP contribution is 2.29. The number of hydrogen-bond donors (Lipinski definition) is 1. The normalized spacial score (nSPS) is 10.5. The Morgan fingerprint density at radius 3 is 2.60 bits per heavy atom. The van der Waals surface area contributed by atoms with Crippen LogP contribution >= 0.6 is 11.8 Å². The number of amides is 2. The van der Waals surface area contributed by atoms with Gasteiger partial charge in [0.15, 0.2) is 5.69 Å². The number of nitrogens with one attached hydrogen (secondary N) is 1. The predicted molar refractivity (Wildman–Crippen MR) is 112 cm³/mol. The molecule has 3 rings (SSSR count). The number of nitrogens with zero attached hydrogens (tertiary/aromatic N) is 5. The molecule has 0 aliphatic carbocycles. The number of aromatic nitrogens is 3. The van der Waals surface area contributed by atoms with Gasteiger partial charge in [-0.3, -0.25) is 19.7 Å². The summed E-state index contributed by atoms with van der Waals surface area (Å²) in [6.45, 7) is 1.64. The molecule has 0 radical (unpaired) electrons. The van der Waals surface area contributed by atoms with Crippen LogP contribution in [0, 0.1) is 17.0 Å². The fraction of sp³-hybridized carbons (Fsp3) is 0.158. The number of carbonyl (C=O) groups excluding carboxylic acids is 2. The Labute approximate surface area is 176 Å². The summed E-state index contributed by atoms with van der Waals surface area (Å²) in [5.74, 6) is -0.505. The van der Waals surface area contributed by atoms with Crippen molar-refractivity contribution in [3.8, 4) is 5.69 Å². The largest absolute Gasteiger partial charge is 0.339 e. The van der Waals surface area contributed by atoms with Crippen molar-refractivity contribution in [2.75, 3.05) is 19.4 Å². The Kier molecular flexibility index (Phi) is 6.11. The number of rotatable bonds is 5. The first-order valence-corrected chi connectivity index (χ1v) is 9.56. The molecule has 30 heavy (non-hydrogen) atoms. The van der Waals surface area contributed by atoms with Gasteiger partial charge in [-0.25, -0.2) is 4.68 Å². The van der Waals surface area contributed by atoms with E-state index in [2.05, 4.69) is 15.6 Å². The van der Waals surface area contributed by atoms with Crippen molar-refractivity contribution in [3.05, 3.63) is 70.0 Å². The summed E-state index contributed by atoms with van der Waals surface area (Å²) in [6, 6.07) is 12.8. The molecule has 11 heteroatoms. The number of benzene rings is 2. The van der Waals surface area contributed by atoms with Crippen LogP contribution < -0.4 is 5.32 Å². The van der Waals surface area contributed by atoms with Crippen LogP contribution in [0.25, 0.3) is 5.69 Å². The Balaban J connectivity index is 1.86. The van der Waals surface area contributed by atoms with E-state index in [9.17, 15) is 19.7 Å². The van der Waals surface area contributed by atoms with Gasteiger partial charge in [0.25, 0.3) is 16.8 Å². The van der Waals surface area contributed by atoms with E-state index in [4.69, 9.17) is 0 Å². The summed E-state index contributed by atoms with van der Waals surface area (Å²) in [5, 5.41) is 21.5. The summed E-state index contributed by atoms with van der Waals surface area (Å²) < 4.78 is 1.36. The van der Waals surface area contributed by atoms with Gasteiger partial charge in [0.1, 0.15) is 0 Å². The van der Waals surface area contributed by atoms with Crippen molar-refractivity contribution >= 4 is 34.3 Å². The first kappa shape index (κ1) is 21.0. The second-order valence-corrected chi connectivity index (χ2v) is 7.42. The number of non-ortho nitro benzene ring substituents is 1. The van der Waals surface area contributed by atoms with Gasteiger partial charge in [-0.15, -0.1) is 5.10 Å². The average molecular weight is 426 g/mol. The van der Waals surface area contributed by atoms with Crippen molar-refractivity contribution in [2.24, 2.45) is 0 Å². The third-order valence-corrected chi connectivity index (χ3v) is 5.21. The van der Waals surface area contributed by atoms with Gasteiger partial charge in [-0.2, -0.15) is 0 Å². The van der Waals surface area contributed by atoms with Gasteiger partial charge in [0.2, 0.25) is 0 Å². The summed E-state index contributed by atoms with van der Waals surface area (Å²) in [6.07, 6.45) is 0. The highest BCUT2D eigenvalue weighted by atomic mass is 32.2. The van der Waals surface area contributed by atoms with E-state index in [0.717, 1.165) is 11.8 Å². The minimum atomic E-state index is -0.507. The van der Waals surface area contributed by atoms with E-state index in [0.29, 0.717) is 22.0 Å². The smallest absolute Gasteiger partial charge is 0.286 e. The lowest BCUT2D eigenvalue weighted by Crippen LogP contribution is -2.17. The van der Waals surface area contributed by atoms with Crippen LogP contribution in [0.3, 0.4) is 0 Å². The van der Waals surface area contributed by atoms with E-state index in [1.54, 1.807) is 51.4 Å². The Morgan fingerprint density at radius 1 is 1.17 bits per heavy atom. The molecule has 154 valence electrons. The van der Waals surface area contributed by atoms with Gasteiger partial charge in [0.05, 0.1) is 22.0 Å². The highest BCUT2D eigenvalue weighted by molar-refractivity contribution is 8.13. The summed E-state index contributed by atoms with van der Waals surface area (Å²) in [7, 11) is 3.29. The van der Waals surface area contributed by atoms with E-state index in [1.165, 1.54) is 27.8 Å². The molecule has 0 atom stereocenters. The number of carbonyl (C=O) groups is 2. The molecule has 0 bridgehead atoms. The van der Waals surface area contributed by atoms with Gasteiger partial charge in [-0.05, 0) is 36.9 Å². The monoisotopic (exact) mass is 426 g/mol. The first-order chi connectivity index (χ1) is 14.3. The van der Waals surface area contributed by atoms with Gasteiger partial charge >= 0.3 is 0 Å². The fourth-order valence-corrected chi connectivity index (χ4v) is 3.29. The zero-order valence-corrected chi connectivity index (χ0v) is 17.2. The second kappa shape index (κ2) is 8.74. The van der Waals surface area contributed by atoms with Crippen molar-refractivity contribution in [3.63, 3.8) is 0 Å². The number of anilines is 1. The number of nitro benzene ring substituents is 1. The molecule has 0 saturated heterocycles. The van der Waals surface area contributed by atoms with E-state index in [-0.39, 0.29) is 16.6 Å². The molecule has 10 nitrogen and oxygen atoms in total. The quantitative estimate of drug-likeness (QED) is 0.376. The second-order valence-electron chi connectivity index (χ2n) is 6.42. The third kappa shape index (κ3) is 4.46. The minimum Gasteiger partial charge on any atom is -0.339 e. The molecule has 3 aromatic rings. The Hall–Kier alpha value is -3.73. The lowest BCUT2D eigenvalue weighted by molar-refractivity contribution is -0.384. The maximum Gasteiger partial charge on any atom is 0.286 e. The maximum atomic E-state index is 12.8. The van der Waals surface area contributed by atoms with E-state index in [1.807, 2.05) is 0 Å². The SMILES string of the molecule is Cc1c(C(=O)Nc2ccccc2SC(=O)N(C)C)nnn1-c1cccc([N+](=O)[O-])c1. The molecular formula is C19H18N6O4S. The number of hydrogen-bond acceptors (Lipinski definition) is 7. The maximum absolute atomic E-state index is 12.8. The van der Waals surface area contributed by atoms with Crippen molar-refractivity contribution in [2.45, 2.75) is 11.8 Å². The Bertz CT molecular complexity index is 1130. The summed E-state index contributed by atoms with van der Waals surface area (Å²) >= 11 is 0.993. The van der Waals surface area contributed by atoms with Crippen LogP contribution in [0.15, 0.2) is 53.4 Å². The number of para-hydroxylation sites is 1. The van der Waals surface area contributed by atoms with Crippen LogP contribution in [0.5, 0.6) is 0 Å². The van der Waals surface area contributed by atoms with E-state index >= 15 is 0 Å². The van der Waals surface area contributed by atoms with Gasteiger partial charge in [0, 0.05) is 31.1 Å². The molecule has 0 aliphatic rings. The molecule has 0 fully saturated rings. The minimum absolute atomic E-state index is 0.0697. The zero-order chi connectivity index (χ0) is 21.8. The lowest BCUT2D eigenvalue weighted by atomic mass is 10.2. The molecule has 2 amide bonds. The molecule has 1 N–H and O–H groups in total. The Morgan fingerprint density at radius 2 is 1.90 bits per heavy atom. The lowest BCUT2D eigenvalue weighted by Gasteiger charge is -2.12. The number of thioether (sulfide) groups is 1. The molecule has 0 aliphatic heterocycles. The first-order valence-electron chi connectivity index (χ1n) is 8.74. The predicted octanol–water partition coefficient (Wildman–Crippen LogP) is 3.51. The van der Waals surface area contributed by atoms with Crippen molar-refractivity contribution < 1.29 is 14.5 Å². The summed E-state index contributed by atoms with van der Waals surface area (Å²) in [5.41, 5.74) is 1.28. The van der Waals surface area contributed by atoms with E-state index < -0.39 is 10.8 Å². The van der Waals surface area contributed by atoms with Crippen LogP contribution in [-0.2, 0) is 0 Å². The molecule has 1 aromatic heterocycles. The molecule has 0 unspecified atom stereocenters. The molecule has 0 spiro atoms. The average Bonchev–Trinajstić information content (AvgIpc) is 3.10. The van der Waals surface area contributed by atoms with Crippen molar-refractivity contribution in [1.82, 2.24) is 19.9 Å². The molecule has 2 aromatic carbocycles. The third-order valence-electron chi connectivity index (χ3n) is 4.09. The zero-order valence-electron chi connectivity index (χ0n) is 16.4. The van der Waals surface area contributed by atoms with Crippen LogP contribution in [0.1, 0.15) is 16.2 Å². The van der Waals surface area contributed by atoms with Crippen LogP contribution in [-0.4, -0.2) is 50.1 Å². The molecular weight excluding hydrogens is 408 g/mol. The summed E-state index contributed by atoms with van der Waals surface area (Å²) in [4.78, 5) is 37.3. The highest BCUT2D eigenvalue weighted by Gasteiger charge is 2.20. The topological polar surface area (TPSA) is 123 Å². The number of nitro groups is 1. The molecule has 0 saturated carbocycles. The van der Waals surface area contributed by atoms with Gasteiger partial charge < -0.3 is 10.2 Å². The fourth-order valence-electron chi connectivity index (χ4n) is 2.55.